The number of hydrogen-bond donors (Lipinski definition) is 0. The van der Waals surface area contributed by atoms with Gasteiger partial charge in [0.25, 0.3) is 0 Å². The number of nitrogens with zero attached hydrogens (tertiary/aromatic N) is 3. The summed E-state index contributed by atoms with van der Waals surface area (Å²) >= 11 is 1.38. The Balaban J connectivity index is 1.35. The summed E-state index contributed by atoms with van der Waals surface area (Å²) in [6.45, 7) is 3.38. The van der Waals surface area contributed by atoms with Crippen LogP contribution in [0.1, 0.15) is 23.0 Å². The number of carbonyl (C=O) groups excluding carboxylic acids is 2. The Labute approximate surface area is 182 Å². The molecule has 160 valence electrons. The number of anilines is 1. The fraction of sp³-hybridized carbons (Fsp3) is 0.261. The second-order valence-electron chi connectivity index (χ2n) is 7.42. The predicted molar refractivity (Wildman–Crippen MR) is 116 cm³/mol. The van der Waals surface area contributed by atoms with Gasteiger partial charge in [-0.2, -0.15) is 0 Å². The van der Waals surface area contributed by atoms with Crippen LogP contribution in [-0.4, -0.2) is 47.8 Å². The molecule has 1 saturated heterocycles. The lowest BCUT2D eigenvalue weighted by Crippen LogP contribution is -2.49. The number of halogens is 2. The third-order valence-corrected chi connectivity index (χ3v) is 6.22. The minimum Gasteiger partial charge on any atom is -0.366 e. The molecule has 0 aliphatic carbocycles. The molecule has 3 aromatic rings. The van der Waals surface area contributed by atoms with Gasteiger partial charge in [-0.05, 0) is 37.3 Å². The third kappa shape index (κ3) is 4.80. The van der Waals surface area contributed by atoms with Crippen LogP contribution in [0.4, 0.5) is 14.5 Å². The predicted octanol–water partition coefficient (Wildman–Crippen LogP) is 4.18. The van der Waals surface area contributed by atoms with E-state index in [9.17, 15) is 18.4 Å². The molecule has 0 saturated carbocycles. The summed E-state index contributed by atoms with van der Waals surface area (Å²) in [6, 6.07) is 10.7. The number of amides is 1. The summed E-state index contributed by atoms with van der Waals surface area (Å²) in [5.74, 6) is -0.970. The van der Waals surface area contributed by atoms with Crippen molar-refractivity contribution in [1.82, 2.24) is 9.88 Å². The number of carbonyl (C=O) groups is 2. The van der Waals surface area contributed by atoms with Crippen molar-refractivity contribution in [2.75, 3.05) is 31.1 Å². The maximum Gasteiger partial charge on any atom is 0.228 e. The molecule has 1 fully saturated rings. The molecule has 31 heavy (non-hydrogen) atoms. The van der Waals surface area contributed by atoms with Gasteiger partial charge in [-0.25, -0.2) is 13.8 Å². The van der Waals surface area contributed by atoms with E-state index >= 15 is 0 Å². The second kappa shape index (κ2) is 8.93. The average Bonchev–Trinajstić information content (AvgIpc) is 3.22. The lowest BCUT2D eigenvalue weighted by atomic mass is 10.1. The number of ketones is 1. The molecule has 2 heterocycles. The highest BCUT2D eigenvalue weighted by Gasteiger charge is 2.24. The van der Waals surface area contributed by atoms with Crippen LogP contribution in [0, 0.1) is 11.6 Å². The van der Waals surface area contributed by atoms with Crippen molar-refractivity contribution in [3.05, 3.63) is 70.7 Å². The molecule has 0 N–H and O–H groups in total. The number of benzene rings is 2. The van der Waals surface area contributed by atoms with Gasteiger partial charge in [0.2, 0.25) is 5.91 Å². The topological polar surface area (TPSA) is 53.5 Å². The van der Waals surface area contributed by atoms with Gasteiger partial charge >= 0.3 is 0 Å². The van der Waals surface area contributed by atoms with Crippen LogP contribution in [0.3, 0.4) is 0 Å². The minimum absolute atomic E-state index is 0.0388. The van der Waals surface area contributed by atoms with Gasteiger partial charge in [0, 0.05) is 42.7 Å². The first kappa shape index (κ1) is 21.1. The highest BCUT2D eigenvalue weighted by atomic mass is 32.1. The van der Waals surface area contributed by atoms with Gasteiger partial charge in [-0.15, -0.1) is 11.3 Å². The lowest BCUT2D eigenvalue weighted by Gasteiger charge is -2.36. The van der Waals surface area contributed by atoms with Gasteiger partial charge in [0.1, 0.15) is 16.6 Å². The summed E-state index contributed by atoms with van der Waals surface area (Å²) in [4.78, 5) is 32.2. The van der Waals surface area contributed by atoms with Crippen molar-refractivity contribution < 1.29 is 18.4 Å². The van der Waals surface area contributed by atoms with Gasteiger partial charge in [0.15, 0.2) is 5.78 Å². The van der Waals surface area contributed by atoms with Crippen molar-refractivity contribution >= 4 is 28.7 Å². The van der Waals surface area contributed by atoms with Crippen LogP contribution in [0.25, 0.3) is 10.6 Å². The van der Waals surface area contributed by atoms with E-state index in [1.807, 2.05) is 10.3 Å². The summed E-state index contributed by atoms with van der Waals surface area (Å²) in [7, 11) is 0. The number of piperazine rings is 1. The fourth-order valence-electron chi connectivity index (χ4n) is 3.59. The number of thiazole rings is 1. The maximum absolute atomic E-state index is 14.4. The van der Waals surface area contributed by atoms with Crippen LogP contribution in [0.2, 0.25) is 0 Å². The highest BCUT2D eigenvalue weighted by molar-refractivity contribution is 7.13. The van der Waals surface area contributed by atoms with Gasteiger partial charge in [-0.1, -0.05) is 12.1 Å². The fourth-order valence-corrected chi connectivity index (χ4v) is 4.40. The zero-order chi connectivity index (χ0) is 22.0. The number of rotatable bonds is 5. The molecule has 2 aromatic carbocycles. The van der Waals surface area contributed by atoms with E-state index in [1.54, 1.807) is 29.2 Å². The summed E-state index contributed by atoms with van der Waals surface area (Å²) in [5, 5.41) is 2.50. The molecule has 0 unspecified atom stereocenters. The summed E-state index contributed by atoms with van der Waals surface area (Å²) in [5.41, 5.74) is 2.13. The molecule has 1 aliphatic rings. The van der Waals surface area contributed by atoms with Crippen LogP contribution in [0.5, 0.6) is 0 Å². The minimum atomic E-state index is -0.431. The Morgan fingerprint density at radius 1 is 1.06 bits per heavy atom. The highest BCUT2D eigenvalue weighted by Crippen LogP contribution is 2.25. The molecule has 0 radical (unpaired) electrons. The summed E-state index contributed by atoms with van der Waals surface area (Å²) < 4.78 is 27.8. The Morgan fingerprint density at radius 3 is 2.52 bits per heavy atom. The average molecular weight is 442 g/mol. The quantitative estimate of drug-likeness (QED) is 0.558. The van der Waals surface area contributed by atoms with E-state index in [0.717, 1.165) is 0 Å². The normalized spacial score (nSPS) is 14.0. The number of aromatic nitrogens is 1. The zero-order valence-corrected chi connectivity index (χ0v) is 17.8. The third-order valence-electron chi connectivity index (χ3n) is 5.28. The molecule has 0 bridgehead atoms. The van der Waals surface area contributed by atoms with Crippen molar-refractivity contribution in [2.45, 2.75) is 13.3 Å². The first-order valence-corrected chi connectivity index (χ1v) is 10.8. The lowest BCUT2D eigenvalue weighted by molar-refractivity contribution is -0.130. The molecule has 1 aliphatic heterocycles. The van der Waals surface area contributed by atoms with Gasteiger partial charge in [0.05, 0.1) is 17.8 Å². The smallest absolute Gasteiger partial charge is 0.228 e. The van der Waals surface area contributed by atoms with Crippen molar-refractivity contribution in [3.8, 4) is 10.6 Å². The van der Waals surface area contributed by atoms with Crippen molar-refractivity contribution in [3.63, 3.8) is 0 Å². The Morgan fingerprint density at radius 2 is 1.84 bits per heavy atom. The van der Waals surface area contributed by atoms with Crippen molar-refractivity contribution in [1.29, 1.82) is 0 Å². The maximum atomic E-state index is 14.4. The molecular formula is C23H21F2N3O2S. The molecule has 0 atom stereocenters. The molecule has 4 rings (SSSR count). The van der Waals surface area contributed by atoms with Crippen LogP contribution in [-0.2, 0) is 11.2 Å². The largest absolute Gasteiger partial charge is 0.366 e. The van der Waals surface area contributed by atoms with E-state index in [4.69, 9.17) is 0 Å². The molecule has 1 amide bonds. The van der Waals surface area contributed by atoms with E-state index in [1.165, 1.54) is 36.5 Å². The van der Waals surface area contributed by atoms with Crippen molar-refractivity contribution in [2.24, 2.45) is 0 Å². The molecule has 8 heteroatoms. The molecule has 5 nitrogen and oxygen atoms in total. The first-order valence-electron chi connectivity index (χ1n) is 9.94. The van der Waals surface area contributed by atoms with Crippen LogP contribution < -0.4 is 4.90 Å². The number of Topliss-reactive ketones (excluding diaryl/α,β-unsaturated/α-hetero) is 1. The van der Waals surface area contributed by atoms with Crippen LogP contribution in [0.15, 0.2) is 47.8 Å². The second-order valence-corrected chi connectivity index (χ2v) is 8.28. The first-order chi connectivity index (χ1) is 14.9. The number of hydrogen-bond acceptors (Lipinski definition) is 5. The van der Waals surface area contributed by atoms with Gasteiger partial charge in [-0.3, -0.25) is 9.59 Å². The van der Waals surface area contributed by atoms with E-state index in [0.29, 0.717) is 53.7 Å². The zero-order valence-electron chi connectivity index (χ0n) is 17.0. The molecule has 0 spiro atoms. The van der Waals surface area contributed by atoms with E-state index in [2.05, 4.69) is 4.98 Å². The van der Waals surface area contributed by atoms with E-state index < -0.39 is 5.82 Å². The Kier molecular flexibility index (Phi) is 6.08. The summed E-state index contributed by atoms with van der Waals surface area (Å²) in [6.07, 6.45) is 0.174. The Hall–Kier alpha value is -3.13. The molecule has 1 aromatic heterocycles. The van der Waals surface area contributed by atoms with Crippen LogP contribution >= 0.6 is 11.3 Å². The van der Waals surface area contributed by atoms with Gasteiger partial charge < -0.3 is 9.80 Å². The molecular weight excluding hydrogens is 420 g/mol. The SMILES string of the molecule is CC(=O)c1ccc(N2CCN(C(=O)Cc3csc(-c4cccc(F)c4)n3)CC2)c(F)c1. The Bertz CT molecular complexity index is 1120. The standard InChI is InChI=1S/C23H21F2N3O2S/c1-15(29)16-5-6-21(20(25)12-16)27-7-9-28(10-8-27)22(30)13-19-14-31-23(26-19)17-3-2-4-18(24)11-17/h2-6,11-12,14H,7-10,13H2,1H3. The van der Waals surface area contributed by atoms with E-state index in [-0.39, 0.29) is 23.9 Å². The monoisotopic (exact) mass is 441 g/mol.